The molecule has 4 nitrogen and oxygen atoms in total. The highest BCUT2D eigenvalue weighted by molar-refractivity contribution is 8.00. The van der Waals surface area contributed by atoms with E-state index in [0.717, 1.165) is 30.2 Å². The van der Waals surface area contributed by atoms with Gasteiger partial charge in [-0.1, -0.05) is 26.1 Å². The molecule has 2 heterocycles. The fraction of sp³-hybridized carbons (Fsp3) is 0.667. The van der Waals surface area contributed by atoms with Crippen LogP contribution in [0.3, 0.4) is 0 Å². The van der Waals surface area contributed by atoms with E-state index in [1.165, 1.54) is 0 Å². The number of rotatable bonds is 2. The van der Waals surface area contributed by atoms with Gasteiger partial charge in [0.2, 0.25) is 0 Å². The Morgan fingerprint density at radius 3 is 2.44 bits per heavy atom. The van der Waals surface area contributed by atoms with Gasteiger partial charge in [-0.05, 0) is 6.92 Å². The van der Waals surface area contributed by atoms with Gasteiger partial charge in [-0.25, -0.2) is 0 Å². The molecule has 0 aliphatic carbocycles. The number of thioether (sulfide) groups is 1. The second-order valence-corrected chi connectivity index (χ2v) is 7.26. The third-order valence-corrected chi connectivity index (χ3v) is 4.59. The van der Waals surface area contributed by atoms with E-state index in [2.05, 4.69) is 23.8 Å². The van der Waals surface area contributed by atoms with Gasteiger partial charge in [-0.15, -0.1) is 0 Å². The summed E-state index contributed by atoms with van der Waals surface area (Å²) in [4.78, 5) is 2.80. The molecule has 2 unspecified atom stereocenters. The Hall–Kier alpha value is -0.750. The Labute approximate surface area is 118 Å². The number of thiocarbonyl (C=S) groups is 1. The Balaban J connectivity index is 2.41. The van der Waals surface area contributed by atoms with Crippen molar-refractivity contribution < 1.29 is 0 Å². The quantitative estimate of drug-likeness (QED) is 0.838. The van der Waals surface area contributed by atoms with Gasteiger partial charge in [-0.3, -0.25) is 4.68 Å². The fourth-order valence-corrected chi connectivity index (χ4v) is 4.21. The van der Waals surface area contributed by atoms with Gasteiger partial charge in [0.25, 0.3) is 0 Å². The molecule has 2 atom stereocenters. The Kier molecular flexibility index (Phi) is 3.87. The van der Waals surface area contributed by atoms with Crippen LogP contribution in [-0.2, 0) is 7.05 Å². The SMILES string of the molecule is Cc1nn(C)c(N2CC(C)SC(C)C2)c1C(N)=S. The maximum absolute atomic E-state index is 5.85. The zero-order valence-corrected chi connectivity index (χ0v) is 12.9. The predicted octanol–water partition coefficient (Wildman–Crippen LogP) is 1.69. The summed E-state index contributed by atoms with van der Waals surface area (Å²) in [5, 5.41) is 5.69. The smallest absolute Gasteiger partial charge is 0.137 e. The van der Waals surface area contributed by atoms with E-state index in [9.17, 15) is 0 Å². The van der Waals surface area contributed by atoms with Crippen molar-refractivity contribution in [2.24, 2.45) is 12.8 Å². The lowest BCUT2D eigenvalue weighted by Crippen LogP contribution is -2.42. The largest absolute Gasteiger partial charge is 0.389 e. The number of hydrogen-bond donors (Lipinski definition) is 1. The number of aromatic nitrogens is 2. The molecule has 18 heavy (non-hydrogen) atoms. The van der Waals surface area contributed by atoms with Gasteiger partial charge >= 0.3 is 0 Å². The first kappa shape index (κ1) is 13.7. The zero-order chi connectivity index (χ0) is 13.4. The van der Waals surface area contributed by atoms with E-state index in [-0.39, 0.29) is 0 Å². The topological polar surface area (TPSA) is 47.1 Å². The van der Waals surface area contributed by atoms with Gasteiger partial charge in [-0.2, -0.15) is 16.9 Å². The number of nitrogens with zero attached hydrogens (tertiary/aromatic N) is 3. The molecule has 1 fully saturated rings. The molecule has 0 spiro atoms. The molecule has 1 aliphatic rings. The third-order valence-electron chi connectivity index (χ3n) is 3.16. The Morgan fingerprint density at radius 2 is 1.94 bits per heavy atom. The van der Waals surface area contributed by atoms with Crippen molar-refractivity contribution in [3.8, 4) is 0 Å². The molecule has 100 valence electrons. The van der Waals surface area contributed by atoms with Crippen LogP contribution >= 0.6 is 24.0 Å². The summed E-state index contributed by atoms with van der Waals surface area (Å²) < 4.78 is 1.90. The maximum atomic E-state index is 5.85. The van der Waals surface area contributed by atoms with Crippen LogP contribution in [0, 0.1) is 6.92 Å². The van der Waals surface area contributed by atoms with Crippen LogP contribution in [0.1, 0.15) is 25.1 Å². The van der Waals surface area contributed by atoms with E-state index >= 15 is 0 Å². The summed E-state index contributed by atoms with van der Waals surface area (Å²) in [6.45, 7) is 8.52. The molecule has 0 bridgehead atoms. The lowest BCUT2D eigenvalue weighted by Gasteiger charge is -2.36. The summed E-state index contributed by atoms with van der Waals surface area (Å²) in [6.07, 6.45) is 0. The molecule has 0 aromatic carbocycles. The van der Waals surface area contributed by atoms with Crippen LogP contribution in [0.4, 0.5) is 5.82 Å². The minimum atomic E-state index is 0.439. The summed E-state index contributed by atoms with van der Waals surface area (Å²) in [5.41, 5.74) is 7.70. The predicted molar refractivity (Wildman–Crippen MR) is 82.6 cm³/mol. The van der Waals surface area contributed by atoms with Crippen LogP contribution in [0.5, 0.6) is 0 Å². The van der Waals surface area contributed by atoms with E-state index in [1.54, 1.807) is 0 Å². The van der Waals surface area contributed by atoms with E-state index < -0.39 is 0 Å². The van der Waals surface area contributed by atoms with Crippen LogP contribution in [0.2, 0.25) is 0 Å². The molecule has 0 saturated carbocycles. The van der Waals surface area contributed by atoms with E-state index in [1.807, 2.05) is 30.4 Å². The van der Waals surface area contributed by atoms with Gasteiger partial charge in [0.15, 0.2) is 0 Å². The number of hydrogen-bond acceptors (Lipinski definition) is 4. The molecule has 2 rings (SSSR count). The molecule has 1 saturated heterocycles. The number of nitrogens with two attached hydrogens (primary N) is 1. The van der Waals surface area contributed by atoms with Crippen molar-refractivity contribution in [3.05, 3.63) is 11.3 Å². The Morgan fingerprint density at radius 1 is 1.39 bits per heavy atom. The normalized spacial score (nSPS) is 24.3. The first-order valence-corrected chi connectivity index (χ1v) is 7.49. The van der Waals surface area contributed by atoms with Crippen LogP contribution < -0.4 is 10.6 Å². The highest BCUT2D eigenvalue weighted by Gasteiger charge is 2.28. The molecule has 1 aromatic rings. The molecule has 0 radical (unpaired) electrons. The standard InChI is InChI=1S/C12H20N4S2/c1-7-5-16(6-8(2)18-7)12-10(11(13)17)9(3)14-15(12)4/h7-8H,5-6H2,1-4H3,(H2,13,17). The van der Waals surface area contributed by atoms with Crippen LogP contribution in [-0.4, -0.2) is 38.4 Å². The van der Waals surface area contributed by atoms with Crippen molar-refractivity contribution in [2.75, 3.05) is 18.0 Å². The van der Waals surface area contributed by atoms with Gasteiger partial charge in [0.1, 0.15) is 10.8 Å². The van der Waals surface area contributed by atoms with E-state index in [0.29, 0.717) is 15.5 Å². The van der Waals surface area contributed by atoms with E-state index in [4.69, 9.17) is 18.0 Å². The lowest BCUT2D eigenvalue weighted by molar-refractivity contribution is 0.669. The molecule has 1 aromatic heterocycles. The van der Waals surface area contributed by atoms with Crippen LogP contribution in [0.25, 0.3) is 0 Å². The average molecular weight is 284 g/mol. The third kappa shape index (κ3) is 2.49. The van der Waals surface area contributed by atoms with Gasteiger partial charge in [0, 0.05) is 30.6 Å². The molecule has 1 aliphatic heterocycles. The highest BCUT2D eigenvalue weighted by atomic mass is 32.2. The maximum Gasteiger partial charge on any atom is 0.137 e. The minimum Gasteiger partial charge on any atom is -0.389 e. The second kappa shape index (κ2) is 5.09. The summed E-state index contributed by atoms with van der Waals surface area (Å²) in [7, 11) is 1.96. The first-order valence-electron chi connectivity index (χ1n) is 6.14. The fourth-order valence-electron chi connectivity index (χ4n) is 2.65. The van der Waals surface area contributed by atoms with Crippen molar-refractivity contribution >= 4 is 34.8 Å². The monoisotopic (exact) mass is 284 g/mol. The second-order valence-electron chi connectivity index (χ2n) is 4.93. The number of anilines is 1. The first-order chi connectivity index (χ1) is 8.40. The highest BCUT2D eigenvalue weighted by Crippen LogP contribution is 2.31. The van der Waals surface area contributed by atoms with Crippen molar-refractivity contribution in [1.82, 2.24) is 9.78 Å². The van der Waals surface area contributed by atoms with Gasteiger partial charge < -0.3 is 10.6 Å². The van der Waals surface area contributed by atoms with Gasteiger partial charge in [0.05, 0.1) is 11.3 Å². The Bertz CT molecular complexity index is 459. The van der Waals surface area contributed by atoms with Crippen LogP contribution in [0.15, 0.2) is 0 Å². The molecule has 6 heteroatoms. The number of aryl methyl sites for hydroxylation is 2. The van der Waals surface area contributed by atoms with Crippen molar-refractivity contribution in [1.29, 1.82) is 0 Å². The zero-order valence-electron chi connectivity index (χ0n) is 11.3. The lowest BCUT2D eigenvalue weighted by atomic mass is 10.2. The summed E-state index contributed by atoms with van der Waals surface area (Å²) in [5.74, 6) is 1.07. The molecule has 0 amide bonds. The minimum absolute atomic E-state index is 0.439. The molecular weight excluding hydrogens is 264 g/mol. The summed E-state index contributed by atoms with van der Waals surface area (Å²) in [6, 6.07) is 0. The van der Waals surface area contributed by atoms with Crippen molar-refractivity contribution in [3.63, 3.8) is 0 Å². The average Bonchev–Trinajstić information content (AvgIpc) is 2.51. The summed E-state index contributed by atoms with van der Waals surface area (Å²) >= 11 is 7.20. The molecule has 2 N–H and O–H groups in total. The molecular formula is C12H20N4S2. The van der Waals surface area contributed by atoms with Crippen molar-refractivity contribution in [2.45, 2.75) is 31.3 Å².